The minimum atomic E-state index is -0.207. The predicted molar refractivity (Wildman–Crippen MR) is 74.4 cm³/mol. The first kappa shape index (κ1) is 12.0. The van der Waals surface area contributed by atoms with Gasteiger partial charge in [-0.3, -0.25) is 9.20 Å². The number of fused-ring (bicyclic) bond motifs is 3. The molecule has 5 nitrogen and oxygen atoms in total. The summed E-state index contributed by atoms with van der Waals surface area (Å²) in [5.41, 5.74) is 0.919. The predicted octanol–water partition coefficient (Wildman–Crippen LogP) is 2.19. The van der Waals surface area contributed by atoms with Crippen molar-refractivity contribution < 1.29 is 9.84 Å². The van der Waals surface area contributed by atoms with E-state index in [9.17, 15) is 9.90 Å². The highest BCUT2D eigenvalue weighted by Gasteiger charge is 2.15. The van der Waals surface area contributed by atoms with Crippen LogP contribution in [0.1, 0.15) is 12.5 Å². The maximum absolute atomic E-state index is 12.3. The third kappa shape index (κ3) is 1.67. The van der Waals surface area contributed by atoms with Gasteiger partial charge in [-0.15, -0.1) is 0 Å². The van der Waals surface area contributed by atoms with Crippen molar-refractivity contribution in [3.8, 4) is 11.6 Å². The van der Waals surface area contributed by atoms with Crippen molar-refractivity contribution in [3.63, 3.8) is 0 Å². The summed E-state index contributed by atoms with van der Waals surface area (Å²) in [5.74, 6) is 0.554. The Morgan fingerprint density at radius 2 is 2.26 bits per heavy atom. The van der Waals surface area contributed by atoms with Crippen molar-refractivity contribution in [1.29, 1.82) is 0 Å². The zero-order valence-electron chi connectivity index (χ0n) is 10.5. The Balaban J connectivity index is 2.48. The van der Waals surface area contributed by atoms with Crippen molar-refractivity contribution in [1.82, 2.24) is 9.38 Å². The lowest BCUT2D eigenvalue weighted by molar-refractivity contribution is 0.415. The van der Waals surface area contributed by atoms with E-state index in [0.29, 0.717) is 16.9 Å². The van der Waals surface area contributed by atoms with E-state index in [1.807, 2.05) is 19.1 Å². The van der Waals surface area contributed by atoms with E-state index in [-0.39, 0.29) is 11.4 Å². The first-order valence-corrected chi connectivity index (χ1v) is 6.68. The lowest BCUT2D eigenvalue weighted by atomic mass is 10.2. The van der Waals surface area contributed by atoms with Gasteiger partial charge in [0.05, 0.1) is 22.9 Å². The number of nitrogens with zero attached hydrogens (tertiary/aromatic N) is 2. The maximum atomic E-state index is 12.3. The molecule has 0 spiro atoms. The Hall–Kier alpha value is -2.08. The first-order valence-electron chi connectivity index (χ1n) is 5.87. The van der Waals surface area contributed by atoms with Gasteiger partial charge in [0.1, 0.15) is 5.75 Å². The summed E-state index contributed by atoms with van der Waals surface area (Å²) in [6.07, 6.45) is 0.452. The summed E-state index contributed by atoms with van der Waals surface area (Å²) < 4.78 is 7.61. The molecule has 19 heavy (non-hydrogen) atoms. The number of hydrogen-bond donors (Lipinski definition) is 1. The van der Waals surface area contributed by atoms with Crippen LogP contribution in [0.2, 0.25) is 0 Å². The van der Waals surface area contributed by atoms with Crippen LogP contribution >= 0.6 is 11.3 Å². The average molecular weight is 276 g/mol. The Morgan fingerprint density at radius 3 is 2.95 bits per heavy atom. The molecule has 1 aromatic carbocycles. The molecule has 3 aromatic rings. The molecule has 0 aliphatic carbocycles. The molecule has 0 atom stereocenters. The highest BCUT2D eigenvalue weighted by molar-refractivity contribution is 7.23. The minimum Gasteiger partial charge on any atom is -0.497 e. The molecular formula is C13H12N2O3S. The van der Waals surface area contributed by atoms with Crippen molar-refractivity contribution in [2.45, 2.75) is 13.3 Å². The number of benzene rings is 1. The van der Waals surface area contributed by atoms with Crippen LogP contribution in [0.15, 0.2) is 23.0 Å². The smallest absolute Gasteiger partial charge is 0.266 e. The summed E-state index contributed by atoms with van der Waals surface area (Å²) in [4.78, 5) is 16.9. The molecule has 0 saturated heterocycles. The fourth-order valence-corrected chi connectivity index (χ4v) is 3.14. The molecule has 0 unspecified atom stereocenters. The number of thiazole rings is 1. The van der Waals surface area contributed by atoms with E-state index in [4.69, 9.17) is 4.74 Å². The van der Waals surface area contributed by atoms with Crippen molar-refractivity contribution >= 4 is 26.5 Å². The van der Waals surface area contributed by atoms with Crippen LogP contribution in [-0.4, -0.2) is 21.6 Å². The maximum Gasteiger partial charge on any atom is 0.266 e. The van der Waals surface area contributed by atoms with Gasteiger partial charge in [0, 0.05) is 0 Å². The van der Waals surface area contributed by atoms with E-state index in [0.717, 1.165) is 16.0 Å². The molecule has 2 heterocycles. The monoisotopic (exact) mass is 276 g/mol. The van der Waals surface area contributed by atoms with Crippen LogP contribution in [0, 0.1) is 0 Å². The first-order chi connectivity index (χ1) is 9.15. The lowest BCUT2D eigenvalue weighted by Crippen LogP contribution is -2.17. The Bertz CT molecular complexity index is 835. The highest BCUT2D eigenvalue weighted by atomic mass is 32.1. The van der Waals surface area contributed by atoms with Gasteiger partial charge in [-0.25, -0.2) is 0 Å². The second kappa shape index (κ2) is 4.24. The van der Waals surface area contributed by atoms with E-state index in [1.165, 1.54) is 15.7 Å². The van der Waals surface area contributed by atoms with Crippen molar-refractivity contribution in [2.24, 2.45) is 0 Å². The summed E-state index contributed by atoms with van der Waals surface area (Å²) in [7, 11) is 1.60. The molecule has 0 fully saturated rings. The van der Waals surface area contributed by atoms with E-state index in [1.54, 1.807) is 13.2 Å². The van der Waals surface area contributed by atoms with Gasteiger partial charge < -0.3 is 9.84 Å². The van der Waals surface area contributed by atoms with E-state index >= 15 is 0 Å². The van der Waals surface area contributed by atoms with Crippen LogP contribution < -0.4 is 10.3 Å². The van der Waals surface area contributed by atoms with Crippen LogP contribution in [0.3, 0.4) is 0 Å². The standard InChI is InChI=1S/C13H12N2O3S/c1-3-8-11(16)14-13-15(12(8)17)9-5-4-7(18-2)6-10(9)19-13/h4-6,16H,3H2,1-2H3. The molecule has 6 heteroatoms. The number of ether oxygens (including phenoxy) is 1. The number of aromatic nitrogens is 2. The molecule has 0 radical (unpaired) electrons. The molecule has 0 bridgehead atoms. The number of methoxy groups -OCH3 is 1. The quantitative estimate of drug-likeness (QED) is 0.779. The Morgan fingerprint density at radius 1 is 1.47 bits per heavy atom. The molecule has 0 saturated carbocycles. The van der Waals surface area contributed by atoms with Gasteiger partial charge in [-0.2, -0.15) is 4.98 Å². The van der Waals surface area contributed by atoms with Gasteiger partial charge in [-0.05, 0) is 24.6 Å². The second-order valence-electron chi connectivity index (χ2n) is 4.13. The minimum absolute atomic E-state index is 0.175. The van der Waals surface area contributed by atoms with Gasteiger partial charge in [0.2, 0.25) is 10.8 Å². The molecule has 0 aliphatic rings. The molecule has 1 N–H and O–H groups in total. The van der Waals surface area contributed by atoms with Crippen LogP contribution in [-0.2, 0) is 6.42 Å². The second-order valence-corrected chi connectivity index (χ2v) is 5.14. The topological polar surface area (TPSA) is 63.8 Å². The van der Waals surface area contributed by atoms with Gasteiger partial charge in [0.25, 0.3) is 5.56 Å². The normalized spacial score (nSPS) is 11.3. The molecule has 0 amide bonds. The zero-order chi connectivity index (χ0) is 13.6. The van der Waals surface area contributed by atoms with Gasteiger partial charge in [-0.1, -0.05) is 18.3 Å². The van der Waals surface area contributed by atoms with Gasteiger partial charge >= 0.3 is 0 Å². The van der Waals surface area contributed by atoms with Crippen molar-refractivity contribution in [3.05, 3.63) is 34.1 Å². The van der Waals surface area contributed by atoms with E-state index < -0.39 is 0 Å². The number of hydrogen-bond acceptors (Lipinski definition) is 5. The molecule has 2 aromatic heterocycles. The summed E-state index contributed by atoms with van der Waals surface area (Å²) in [6.45, 7) is 1.82. The van der Waals surface area contributed by atoms with E-state index in [2.05, 4.69) is 4.98 Å². The number of rotatable bonds is 2. The van der Waals surface area contributed by atoms with Crippen molar-refractivity contribution in [2.75, 3.05) is 7.11 Å². The molecular weight excluding hydrogens is 264 g/mol. The van der Waals surface area contributed by atoms with Crippen LogP contribution in [0.25, 0.3) is 15.2 Å². The highest BCUT2D eigenvalue weighted by Crippen LogP contribution is 2.29. The summed E-state index contributed by atoms with van der Waals surface area (Å²) in [6, 6.07) is 5.49. The van der Waals surface area contributed by atoms with Crippen LogP contribution in [0.5, 0.6) is 11.6 Å². The summed E-state index contributed by atoms with van der Waals surface area (Å²) >= 11 is 1.35. The third-order valence-corrected chi connectivity index (χ3v) is 4.09. The zero-order valence-corrected chi connectivity index (χ0v) is 11.3. The average Bonchev–Trinajstić information content (AvgIpc) is 2.75. The summed E-state index contributed by atoms with van der Waals surface area (Å²) in [5, 5.41) is 9.77. The fraction of sp³-hybridized carbons (Fsp3) is 0.231. The molecule has 3 rings (SSSR count). The van der Waals surface area contributed by atoms with Crippen LogP contribution in [0.4, 0.5) is 0 Å². The number of aromatic hydroxyl groups is 1. The third-order valence-electron chi connectivity index (χ3n) is 3.09. The van der Waals surface area contributed by atoms with Gasteiger partial charge in [0.15, 0.2) is 0 Å². The largest absolute Gasteiger partial charge is 0.497 e. The molecule has 0 aliphatic heterocycles. The Labute approximate surface area is 112 Å². The SMILES string of the molecule is CCc1c(O)nc2sc3cc(OC)ccc3n2c1=O. The fourth-order valence-electron chi connectivity index (χ4n) is 2.10. The molecule has 98 valence electrons. The lowest BCUT2D eigenvalue weighted by Gasteiger charge is -2.02. The Kier molecular flexibility index (Phi) is 2.67.